The number of thiophene rings is 2. The molecule has 3 heterocycles. The van der Waals surface area contributed by atoms with E-state index in [1.807, 2.05) is 11.4 Å². The van der Waals surface area contributed by atoms with Crippen molar-refractivity contribution in [3.63, 3.8) is 0 Å². The third-order valence-electron chi connectivity index (χ3n) is 3.55. The minimum atomic E-state index is -0.391. The fourth-order valence-corrected chi connectivity index (χ4v) is 3.95. The number of ketones is 1. The molecule has 0 atom stereocenters. The largest absolute Gasteiger partial charge is 0.350 e. The van der Waals surface area contributed by atoms with Crippen LogP contribution in [0.4, 0.5) is 0 Å². The van der Waals surface area contributed by atoms with Gasteiger partial charge in [-0.25, -0.2) is 0 Å². The van der Waals surface area contributed by atoms with Gasteiger partial charge in [0.05, 0.1) is 16.3 Å². The van der Waals surface area contributed by atoms with E-state index in [-0.39, 0.29) is 43.5 Å². The first-order valence-electron chi connectivity index (χ1n) is 7.31. The first-order valence-corrected chi connectivity index (χ1v) is 9.01. The molecule has 0 spiro atoms. The summed E-state index contributed by atoms with van der Waals surface area (Å²) >= 11 is 2.71. The fraction of sp³-hybridized carbons (Fsp3) is 0.250. The van der Waals surface area contributed by atoms with Gasteiger partial charge in [-0.2, -0.15) is 0 Å². The molecule has 1 aliphatic rings. The monoisotopic (exact) mass is 362 g/mol. The maximum Gasteiger partial charge on any atom is 0.240 e. The molecule has 0 saturated carbocycles. The predicted molar refractivity (Wildman–Crippen MR) is 89.9 cm³/mol. The molecule has 2 aromatic heterocycles. The van der Waals surface area contributed by atoms with Crippen LogP contribution in [0, 0.1) is 0 Å². The van der Waals surface area contributed by atoms with Crippen molar-refractivity contribution < 1.29 is 19.2 Å². The van der Waals surface area contributed by atoms with Gasteiger partial charge < -0.3 is 5.32 Å². The molecular formula is C16H14N2O4S2. The highest BCUT2D eigenvalue weighted by Crippen LogP contribution is 2.22. The van der Waals surface area contributed by atoms with E-state index in [1.54, 1.807) is 18.2 Å². The van der Waals surface area contributed by atoms with Crippen molar-refractivity contribution in [2.45, 2.75) is 19.4 Å². The van der Waals surface area contributed by atoms with Crippen molar-refractivity contribution >= 4 is 46.2 Å². The number of nitrogens with zero attached hydrogens (tertiary/aromatic N) is 1. The van der Waals surface area contributed by atoms with E-state index in [1.165, 1.54) is 22.7 Å². The van der Waals surface area contributed by atoms with Crippen molar-refractivity contribution in [1.29, 1.82) is 0 Å². The second-order valence-electron chi connectivity index (χ2n) is 5.22. The number of rotatable bonds is 6. The van der Waals surface area contributed by atoms with Crippen molar-refractivity contribution in [3.8, 4) is 0 Å². The van der Waals surface area contributed by atoms with Gasteiger partial charge in [0, 0.05) is 17.7 Å². The quantitative estimate of drug-likeness (QED) is 0.627. The molecule has 1 fully saturated rings. The van der Waals surface area contributed by atoms with Crippen molar-refractivity contribution in [2.24, 2.45) is 0 Å². The van der Waals surface area contributed by atoms with Crippen LogP contribution in [0.3, 0.4) is 0 Å². The number of nitrogens with one attached hydrogen (secondary N) is 1. The highest BCUT2D eigenvalue weighted by Gasteiger charge is 2.30. The van der Waals surface area contributed by atoms with Crippen LogP contribution in [0.2, 0.25) is 0 Å². The summed E-state index contributed by atoms with van der Waals surface area (Å²) in [5, 5.41) is 4.52. The summed E-state index contributed by atoms with van der Waals surface area (Å²) in [7, 11) is 0. The first kappa shape index (κ1) is 16.5. The van der Waals surface area contributed by atoms with Gasteiger partial charge in [0.1, 0.15) is 6.54 Å². The first-order chi connectivity index (χ1) is 11.5. The Bertz CT molecular complexity index is 779. The standard InChI is InChI=1S/C16H14N2O4S2/c19-13(9-18-14(20)5-6-15(18)21)17-8-10-3-4-12(24-10)16(22)11-2-1-7-23-11/h1-4,7H,5-6,8-9H2,(H,17,19). The van der Waals surface area contributed by atoms with Crippen molar-refractivity contribution in [2.75, 3.05) is 6.54 Å². The Labute approximate surface area is 146 Å². The van der Waals surface area contributed by atoms with Gasteiger partial charge in [0.2, 0.25) is 23.5 Å². The minimum absolute atomic E-state index is 0.0270. The third-order valence-corrected chi connectivity index (χ3v) is 5.50. The van der Waals surface area contributed by atoms with E-state index in [9.17, 15) is 19.2 Å². The number of imide groups is 1. The maximum absolute atomic E-state index is 12.2. The van der Waals surface area contributed by atoms with Crippen LogP contribution in [0.5, 0.6) is 0 Å². The van der Waals surface area contributed by atoms with E-state index in [2.05, 4.69) is 5.32 Å². The minimum Gasteiger partial charge on any atom is -0.350 e. The Hall–Kier alpha value is -2.32. The Kier molecular flexibility index (Phi) is 4.86. The summed E-state index contributed by atoms with van der Waals surface area (Å²) < 4.78 is 0. The van der Waals surface area contributed by atoms with Gasteiger partial charge in [0.15, 0.2) is 0 Å². The molecule has 124 valence electrons. The second kappa shape index (κ2) is 7.06. The number of carbonyl (C=O) groups excluding carboxylic acids is 4. The van der Waals surface area contributed by atoms with Crippen LogP contribution in [0.25, 0.3) is 0 Å². The van der Waals surface area contributed by atoms with Crippen LogP contribution < -0.4 is 5.32 Å². The lowest BCUT2D eigenvalue weighted by atomic mass is 10.3. The highest BCUT2D eigenvalue weighted by molar-refractivity contribution is 7.16. The van der Waals surface area contributed by atoms with Gasteiger partial charge in [-0.1, -0.05) is 6.07 Å². The molecule has 0 aromatic carbocycles. The summed E-state index contributed by atoms with van der Waals surface area (Å²) in [5.41, 5.74) is 0. The molecule has 1 saturated heterocycles. The molecule has 0 radical (unpaired) electrons. The average molecular weight is 362 g/mol. The molecule has 2 aromatic rings. The number of likely N-dealkylation sites (tertiary alicyclic amines) is 1. The van der Waals surface area contributed by atoms with Crippen LogP contribution in [-0.4, -0.2) is 34.9 Å². The summed E-state index contributed by atoms with van der Waals surface area (Å²) in [6.45, 7) is 0.0153. The van der Waals surface area contributed by atoms with Crippen LogP contribution in [0.1, 0.15) is 32.3 Å². The Morgan fingerprint density at radius 2 is 1.83 bits per heavy atom. The fourth-order valence-electron chi connectivity index (χ4n) is 2.31. The molecule has 0 aliphatic carbocycles. The molecule has 1 aliphatic heterocycles. The molecule has 1 N–H and O–H groups in total. The molecule has 24 heavy (non-hydrogen) atoms. The van der Waals surface area contributed by atoms with Gasteiger partial charge in [-0.05, 0) is 23.6 Å². The lowest BCUT2D eigenvalue weighted by Gasteiger charge is -2.12. The molecule has 0 unspecified atom stereocenters. The maximum atomic E-state index is 12.2. The molecule has 6 nitrogen and oxygen atoms in total. The molecule has 3 amide bonds. The SMILES string of the molecule is O=C(CN1C(=O)CCC1=O)NCc1ccc(C(=O)c2cccs2)s1. The van der Waals surface area contributed by atoms with Gasteiger partial charge in [-0.3, -0.25) is 24.1 Å². The van der Waals surface area contributed by atoms with Gasteiger partial charge in [0.25, 0.3) is 0 Å². The zero-order chi connectivity index (χ0) is 17.1. The van der Waals surface area contributed by atoms with Crippen LogP contribution in [-0.2, 0) is 20.9 Å². The van der Waals surface area contributed by atoms with E-state index in [4.69, 9.17) is 0 Å². The van der Waals surface area contributed by atoms with E-state index >= 15 is 0 Å². The molecule has 8 heteroatoms. The number of amides is 3. The van der Waals surface area contributed by atoms with E-state index in [0.29, 0.717) is 9.75 Å². The average Bonchev–Trinajstić information content (AvgIpc) is 3.30. The van der Waals surface area contributed by atoms with E-state index < -0.39 is 5.91 Å². The Morgan fingerprint density at radius 1 is 1.08 bits per heavy atom. The van der Waals surface area contributed by atoms with E-state index in [0.717, 1.165) is 9.78 Å². The van der Waals surface area contributed by atoms with Crippen molar-refractivity contribution in [3.05, 3.63) is 44.3 Å². The Morgan fingerprint density at radius 3 is 2.50 bits per heavy atom. The summed E-state index contributed by atoms with van der Waals surface area (Å²) in [6, 6.07) is 7.13. The zero-order valence-electron chi connectivity index (χ0n) is 12.6. The lowest BCUT2D eigenvalue weighted by molar-refractivity contribution is -0.142. The van der Waals surface area contributed by atoms with Gasteiger partial charge in [-0.15, -0.1) is 22.7 Å². The summed E-state index contributed by atoms with van der Waals surface area (Å²) in [5.74, 6) is -1.04. The number of hydrogen-bond acceptors (Lipinski definition) is 6. The van der Waals surface area contributed by atoms with Gasteiger partial charge >= 0.3 is 0 Å². The van der Waals surface area contributed by atoms with Crippen LogP contribution in [0.15, 0.2) is 29.6 Å². The summed E-state index contributed by atoms with van der Waals surface area (Å²) in [6.07, 6.45) is 0.344. The lowest BCUT2D eigenvalue weighted by Crippen LogP contribution is -2.39. The number of carbonyl (C=O) groups is 4. The number of hydrogen-bond donors (Lipinski definition) is 1. The zero-order valence-corrected chi connectivity index (χ0v) is 14.2. The molecule has 3 rings (SSSR count). The highest BCUT2D eigenvalue weighted by atomic mass is 32.1. The smallest absolute Gasteiger partial charge is 0.240 e. The van der Waals surface area contributed by atoms with Crippen molar-refractivity contribution in [1.82, 2.24) is 10.2 Å². The predicted octanol–water partition coefficient (Wildman–Crippen LogP) is 1.81. The Balaban J connectivity index is 1.54. The normalized spacial score (nSPS) is 14.2. The topological polar surface area (TPSA) is 83.6 Å². The summed E-state index contributed by atoms with van der Waals surface area (Å²) in [4.78, 5) is 50.2. The second-order valence-corrected chi connectivity index (χ2v) is 7.34. The molecule has 0 bridgehead atoms. The molecular weight excluding hydrogens is 348 g/mol. The third kappa shape index (κ3) is 3.60. The van der Waals surface area contributed by atoms with Crippen LogP contribution >= 0.6 is 22.7 Å².